The minimum atomic E-state index is 0.586. The predicted molar refractivity (Wildman–Crippen MR) is 75.0 cm³/mol. The Morgan fingerprint density at radius 2 is 2.12 bits per heavy atom. The zero-order valence-corrected chi connectivity index (χ0v) is 11.1. The quantitative estimate of drug-likeness (QED) is 0.746. The van der Waals surface area contributed by atoms with Crippen LogP contribution in [0.2, 0.25) is 0 Å². The normalized spacial score (nSPS) is 10.9. The Labute approximate surface area is 110 Å². The van der Waals surface area contributed by atoms with Crippen molar-refractivity contribution in [1.82, 2.24) is 9.97 Å². The van der Waals surface area contributed by atoms with E-state index < -0.39 is 0 Å². The van der Waals surface area contributed by atoms with Crippen molar-refractivity contribution >= 4 is 42.6 Å². The van der Waals surface area contributed by atoms with E-state index in [0.717, 1.165) is 25.8 Å². The number of halogens is 1. The first-order valence-corrected chi connectivity index (χ1v) is 6.61. The predicted octanol–water partition coefficient (Wildman–Crippen LogP) is 3.70. The topological polar surface area (TPSA) is 51.8 Å². The van der Waals surface area contributed by atoms with Crippen molar-refractivity contribution in [2.45, 2.75) is 0 Å². The lowest BCUT2D eigenvalue weighted by Crippen LogP contribution is -1.82. The summed E-state index contributed by atoms with van der Waals surface area (Å²) < 4.78 is 2.12. The summed E-state index contributed by atoms with van der Waals surface area (Å²) in [5.74, 6) is 0. The maximum absolute atomic E-state index is 5.76. The second-order valence-corrected chi connectivity index (χ2v) is 5.45. The smallest absolute Gasteiger partial charge is 0.181 e. The van der Waals surface area contributed by atoms with E-state index in [2.05, 4.69) is 25.9 Å². The molecule has 0 saturated carbocycles. The van der Waals surface area contributed by atoms with Gasteiger partial charge in [0.05, 0.1) is 10.2 Å². The highest BCUT2D eigenvalue weighted by molar-refractivity contribution is 9.10. The molecule has 1 aromatic carbocycles. The number of rotatable bonds is 1. The van der Waals surface area contributed by atoms with Crippen LogP contribution in [0.15, 0.2) is 41.1 Å². The van der Waals surface area contributed by atoms with Crippen molar-refractivity contribution < 1.29 is 0 Å². The maximum Gasteiger partial charge on any atom is 0.181 e. The van der Waals surface area contributed by atoms with Crippen molar-refractivity contribution in [2.24, 2.45) is 0 Å². The summed E-state index contributed by atoms with van der Waals surface area (Å²) >= 11 is 5.07. The van der Waals surface area contributed by atoms with Crippen LogP contribution in [0.5, 0.6) is 0 Å². The minimum Gasteiger partial charge on any atom is -0.375 e. The summed E-state index contributed by atoms with van der Waals surface area (Å²) in [6.07, 6.45) is 3.61. The van der Waals surface area contributed by atoms with Crippen LogP contribution >= 0.6 is 27.3 Å². The highest BCUT2D eigenvalue weighted by atomic mass is 79.9. The maximum atomic E-state index is 5.76. The number of nitrogens with zero attached hydrogens (tertiary/aromatic N) is 2. The van der Waals surface area contributed by atoms with Gasteiger partial charge in [-0.25, -0.2) is 4.98 Å². The van der Waals surface area contributed by atoms with Gasteiger partial charge in [0.15, 0.2) is 5.13 Å². The standard InChI is InChI=1S/C12H8BrN3S/c13-8-3-4-9-11(17-12(14)16-9)10(8)7-2-1-5-15-6-7/h1-6H,(H2,14,16). The summed E-state index contributed by atoms with van der Waals surface area (Å²) in [5.41, 5.74) is 8.85. The third-order valence-corrected chi connectivity index (χ3v) is 4.05. The molecular weight excluding hydrogens is 298 g/mol. The van der Waals surface area contributed by atoms with Gasteiger partial charge in [0.1, 0.15) is 0 Å². The molecule has 0 aliphatic heterocycles. The van der Waals surface area contributed by atoms with Crippen LogP contribution in [0.1, 0.15) is 0 Å². The molecule has 0 atom stereocenters. The van der Waals surface area contributed by atoms with Gasteiger partial charge in [0, 0.05) is 28.0 Å². The van der Waals surface area contributed by atoms with Crippen LogP contribution in [0.4, 0.5) is 5.13 Å². The molecule has 0 amide bonds. The molecule has 0 aliphatic rings. The number of anilines is 1. The fourth-order valence-corrected chi connectivity index (χ4v) is 3.36. The summed E-state index contributed by atoms with van der Waals surface area (Å²) in [7, 11) is 0. The lowest BCUT2D eigenvalue weighted by atomic mass is 10.1. The number of thiazole rings is 1. The molecule has 84 valence electrons. The largest absolute Gasteiger partial charge is 0.375 e. The first-order chi connectivity index (χ1) is 8.25. The zero-order chi connectivity index (χ0) is 11.8. The van der Waals surface area contributed by atoms with E-state index in [1.165, 1.54) is 11.3 Å². The molecule has 0 bridgehead atoms. The molecule has 2 N–H and O–H groups in total. The van der Waals surface area contributed by atoms with Crippen molar-refractivity contribution in [1.29, 1.82) is 0 Å². The third-order valence-electron chi connectivity index (χ3n) is 2.47. The molecule has 17 heavy (non-hydrogen) atoms. The SMILES string of the molecule is Nc1nc2ccc(Br)c(-c3cccnc3)c2s1. The Bertz CT molecular complexity index is 679. The molecule has 3 aromatic rings. The van der Waals surface area contributed by atoms with Crippen LogP contribution in [0, 0.1) is 0 Å². The van der Waals surface area contributed by atoms with Gasteiger partial charge in [-0.05, 0) is 18.2 Å². The summed E-state index contributed by atoms with van der Waals surface area (Å²) in [4.78, 5) is 8.44. The highest BCUT2D eigenvalue weighted by Gasteiger charge is 2.11. The number of pyridine rings is 1. The van der Waals surface area contributed by atoms with Crippen LogP contribution in [0.3, 0.4) is 0 Å². The Hall–Kier alpha value is -1.46. The molecule has 2 heterocycles. The minimum absolute atomic E-state index is 0.586. The average Bonchev–Trinajstić information content (AvgIpc) is 2.70. The number of nitrogen functional groups attached to an aromatic ring is 1. The van der Waals surface area contributed by atoms with E-state index in [0.29, 0.717) is 5.13 Å². The van der Waals surface area contributed by atoms with Crippen molar-refractivity contribution in [3.63, 3.8) is 0 Å². The highest BCUT2D eigenvalue weighted by Crippen LogP contribution is 2.38. The van der Waals surface area contributed by atoms with E-state index in [9.17, 15) is 0 Å². The molecular formula is C12H8BrN3S. The van der Waals surface area contributed by atoms with Crippen LogP contribution < -0.4 is 5.73 Å². The van der Waals surface area contributed by atoms with Gasteiger partial charge >= 0.3 is 0 Å². The van der Waals surface area contributed by atoms with Crippen molar-refractivity contribution in [2.75, 3.05) is 5.73 Å². The van der Waals surface area contributed by atoms with Crippen molar-refractivity contribution in [3.05, 3.63) is 41.1 Å². The average molecular weight is 306 g/mol. The third kappa shape index (κ3) is 1.81. The Kier molecular flexibility index (Phi) is 2.57. The van der Waals surface area contributed by atoms with Gasteiger partial charge in [-0.3, -0.25) is 4.98 Å². The van der Waals surface area contributed by atoms with Crippen LogP contribution in [-0.2, 0) is 0 Å². The van der Waals surface area contributed by atoms with Gasteiger partial charge in [0.2, 0.25) is 0 Å². The van der Waals surface area contributed by atoms with E-state index in [1.807, 2.05) is 30.5 Å². The molecule has 0 unspecified atom stereocenters. The molecule has 0 radical (unpaired) electrons. The molecule has 0 fully saturated rings. The van der Waals surface area contributed by atoms with Gasteiger partial charge < -0.3 is 5.73 Å². The van der Waals surface area contributed by atoms with Gasteiger partial charge in [0.25, 0.3) is 0 Å². The number of aromatic nitrogens is 2. The lowest BCUT2D eigenvalue weighted by molar-refractivity contribution is 1.33. The molecule has 3 nitrogen and oxygen atoms in total. The number of benzene rings is 1. The number of fused-ring (bicyclic) bond motifs is 1. The number of hydrogen-bond acceptors (Lipinski definition) is 4. The van der Waals surface area contributed by atoms with Gasteiger partial charge in [-0.1, -0.05) is 33.3 Å². The first-order valence-electron chi connectivity index (χ1n) is 5.00. The van der Waals surface area contributed by atoms with Crippen LogP contribution in [0.25, 0.3) is 21.3 Å². The lowest BCUT2D eigenvalue weighted by Gasteiger charge is -2.04. The van der Waals surface area contributed by atoms with E-state index in [-0.39, 0.29) is 0 Å². The molecule has 0 saturated heterocycles. The Morgan fingerprint density at radius 3 is 2.88 bits per heavy atom. The van der Waals surface area contributed by atoms with Crippen molar-refractivity contribution in [3.8, 4) is 11.1 Å². The number of nitrogens with two attached hydrogens (primary N) is 1. The van der Waals surface area contributed by atoms with Gasteiger partial charge in [-0.2, -0.15) is 0 Å². The number of hydrogen-bond donors (Lipinski definition) is 1. The summed E-state index contributed by atoms with van der Waals surface area (Å²) in [5, 5.41) is 0.586. The zero-order valence-electron chi connectivity index (χ0n) is 8.72. The Balaban J connectivity index is 2.38. The first kappa shape index (κ1) is 10.7. The molecule has 2 aromatic heterocycles. The summed E-state index contributed by atoms with van der Waals surface area (Å²) in [6.45, 7) is 0. The fraction of sp³-hybridized carbons (Fsp3) is 0. The summed E-state index contributed by atoms with van der Waals surface area (Å²) in [6, 6.07) is 7.91. The molecule has 5 heteroatoms. The molecule has 0 spiro atoms. The Morgan fingerprint density at radius 1 is 1.24 bits per heavy atom. The van der Waals surface area contributed by atoms with E-state index in [1.54, 1.807) is 6.20 Å². The second-order valence-electron chi connectivity index (χ2n) is 3.56. The van der Waals surface area contributed by atoms with E-state index in [4.69, 9.17) is 5.73 Å². The molecule has 3 rings (SSSR count). The fourth-order valence-electron chi connectivity index (χ4n) is 1.76. The van der Waals surface area contributed by atoms with Gasteiger partial charge in [-0.15, -0.1) is 0 Å². The second kappa shape index (κ2) is 4.09. The van der Waals surface area contributed by atoms with Crippen LogP contribution in [-0.4, -0.2) is 9.97 Å². The van der Waals surface area contributed by atoms with E-state index >= 15 is 0 Å². The molecule has 0 aliphatic carbocycles. The monoisotopic (exact) mass is 305 g/mol.